The molecule has 0 radical (unpaired) electrons. The Bertz CT molecular complexity index is 723. The predicted molar refractivity (Wildman–Crippen MR) is 113 cm³/mol. The Balaban J connectivity index is 1.38. The van der Waals surface area contributed by atoms with Gasteiger partial charge in [0.1, 0.15) is 5.75 Å². The second kappa shape index (κ2) is 8.64. The predicted octanol–water partition coefficient (Wildman–Crippen LogP) is 4.17. The number of carbonyl (C=O) groups is 2. The molecule has 1 saturated heterocycles. The van der Waals surface area contributed by atoms with Crippen molar-refractivity contribution >= 4 is 17.6 Å². The molecule has 6 nitrogen and oxygen atoms in total. The third-order valence-corrected chi connectivity index (χ3v) is 6.95. The van der Waals surface area contributed by atoms with E-state index in [1.165, 1.54) is 32.1 Å². The summed E-state index contributed by atoms with van der Waals surface area (Å²) in [4.78, 5) is 27.1. The summed E-state index contributed by atoms with van der Waals surface area (Å²) in [5.41, 5.74) is 0.968. The number of benzene rings is 1. The number of carbonyl (C=O) groups excluding carboxylic acids is 2. The van der Waals surface area contributed by atoms with E-state index in [0.29, 0.717) is 18.4 Å². The highest BCUT2D eigenvalue weighted by Crippen LogP contribution is 2.49. The molecule has 3 aliphatic rings. The van der Waals surface area contributed by atoms with Gasteiger partial charge in [-0.3, -0.25) is 4.79 Å². The van der Waals surface area contributed by atoms with Gasteiger partial charge in [0.15, 0.2) is 0 Å². The molecule has 1 atom stereocenters. The number of urea groups is 1. The summed E-state index contributed by atoms with van der Waals surface area (Å²) >= 11 is 0. The Hall–Kier alpha value is -2.24. The van der Waals surface area contributed by atoms with Gasteiger partial charge in [-0.15, -0.1) is 0 Å². The first-order chi connectivity index (χ1) is 14.1. The van der Waals surface area contributed by atoms with Crippen molar-refractivity contribution in [3.05, 3.63) is 24.3 Å². The average molecular weight is 400 g/mol. The first kappa shape index (κ1) is 20.0. The SMILES string of the molecule is COc1ccc(NC(=O)N2CC(CCC(=O)NC3CC3)C3(CCCCC3)C2)cc1. The van der Waals surface area contributed by atoms with Crippen LogP contribution in [0.3, 0.4) is 0 Å². The Labute approximate surface area is 173 Å². The van der Waals surface area contributed by atoms with Crippen LogP contribution in [-0.4, -0.2) is 43.1 Å². The number of likely N-dealkylation sites (tertiary alicyclic amines) is 1. The normalized spacial score (nSPS) is 23.1. The van der Waals surface area contributed by atoms with E-state index < -0.39 is 0 Å². The molecule has 29 heavy (non-hydrogen) atoms. The summed E-state index contributed by atoms with van der Waals surface area (Å²) in [6.07, 6.45) is 9.81. The fourth-order valence-electron chi connectivity index (χ4n) is 5.12. The van der Waals surface area contributed by atoms with Crippen molar-refractivity contribution in [3.63, 3.8) is 0 Å². The van der Waals surface area contributed by atoms with Gasteiger partial charge in [-0.1, -0.05) is 19.3 Å². The van der Waals surface area contributed by atoms with Gasteiger partial charge in [-0.05, 0) is 67.7 Å². The molecule has 2 saturated carbocycles. The van der Waals surface area contributed by atoms with E-state index >= 15 is 0 Å². The zero-order valence-electron chi connectivity index (χ0n) is 17.4. The number of methoxy groups -OCH3 is 1. The summed E-state index contributed by atoms with van der Waals surface area (Å²) in [5, 5.41) is 6.13. The van der Waals surface area contributed by atoms with E-state index in [-0.39, 0.29) is 17.4 Å². The van der Waals surface area contributed by atoms with Crippen molar-refractivity contribution in [1.82, 2.24) is 10.2 Å². The van der Waals surface area contributed by atoms with Crippen molar-refractivity contribution in [3.8, 4) is 5.75 Å². The number of rotatable bonds is 6. The molecule has 6 heteroatoms. The summed E-state index contributed by atoms with van der Waals surface area (Å²) in [5.74, 6) is 1.36. The molecule has 3 fully saturated rings. The molecule has 2 N–H and O–H groups in total. The van der Waals surface area contributed by atoms with Crippen molar-refractivity contribution in [2.24, 2.45) is 11.3 Å². The van der Waals surface area contributed by atoms with Crippen LogP contribution in [0.4, 0.5) is 10.5 Å². The molecule has 2 aliphatic carbocycles. The summed E-state index contributed by atoms with van der Waals surface area (Å²) < 4.78 is 5.18. The van der Waals surface area contributed by atoms with Crippen molar-refractivity contribution in [2.75, 3.05) is 25.5 Å². The third-order valence-electron chi connectivity index (χ3n) is 6.95. The molecule has 0 bridgehead atoms. The fraction of sp³-hybridized carbons (Fsp3) is 0.652. The highest BCUT2D eigenvalue weighted by molar-refractivity contribution is 5.89. The van der Waals surface area contributed by atoms with Gasteiger partial charge < -0.3 is 20.3 Å². The lowest BCUT2D eigenvalue weighted by Crippen LogP contribution is -2.36. The second-order valence-corrected chi connectivity index (χ2v) is 9.04. The van der Waals surface area contributed by atoms with Gasteiger partial charge >= 0.3 is 6.03 Å². The van der Waals surface area contributed by atoms with Crippen LogP contribution in [-0.2, 0) is 4.79 Å². The molecule has 1 unspecified atom stereocenters. The maximum absolute atomic E-state index is 12.9. The van der Waals surface area contributed by atoms with Gasteiger partial charge in [-0.2, -0.15) is 0 Å². The molecule has 3 amide bonds. The average Bonchev–Trinajstić information content (AvgIpc) is 3.48. The van der Waals surface area contributed by atoms with Crippen molar-refractivity contribution < 1.29 is 14.3 Å². The molecule has 0 aromatic heterocycles. The van der Waals surface area contributed by atoms with Crippen LogP contribution in [0.15, 0.2) is 24.3 Å². The van der Waals surface area contributed by atoms with Crippen LogP contribution in [0, 0.1) is 11.3 Å². The highest BCUT2D eigenvalue weighted by Gasteiger charge is 2.47. The van der Waals surface area contributed by atoms with Gasteiger partial charge in [0.2, 0.25) is 5.91 Å². The number of nitrogens with one attached hydrogen (secondary N) is 2. The minimum Gasteiger partial charge on any atom is -0.497 e. The molecule has 1 aliphatic heterocycles. The number of nitrogens with zero attached hydrogens (tertiary/aromatic N) is 1. The number of anilines is 1. The van der Waals surface area contributed by atoms with Crippen LogP contribution in [0.2, 0.25) is 0 Å². The Morgan fingerprint density at radius 3 is 2.52 bits per heavy atom. The molecule has 1 heterocycles. The summed E-state index contributed by atoms with van der Waals surface area (Å²) in [7, 11) is 1.63. The Morgan fingerprint density at radius 1 is 1.14 bits per heavy atom. The largest absolute Gasteiger partial charge is 0.497 e. The summed E-state index contributed by atoms with van der Waals surface area (Å²) in [6.45, 7) is 1.56. The van der Waals surface area contributed by atoms with Crippen LogP contribution in [0.1, 0.15) is 57.8 Å². The second-order valence-electron chi connectivity index (χ2n) is 9.04. The van der Waals surface area contributed by atoms with E-state index in [1.807, 2.05) is 29.2 Å². The fourth-order valence-corrected chi connectivity index (χ4v) is 5.12. The van der Waals surface area contributed by atoms with E-state index in [2.05, 4.69) is 10.6 Å². The van der Waals surface area contributed by atoms with Gasteiger partial charge in [0, 0.05) is 31.2 Å². The topological polar surface area (TPSA) is 70.7 Å². The lowest BCUT2D eigenvalue weighted by molar-refractivity contribution is -0.121. The maximum Gasteiger partial charge on any atom is 0.321 e. The third kappa shape index (κ3) is 4.85. The highest BCUT2D eigenvalue weighted by atomic mass is 16.5. The van der Waals surface area contributed by atoms with E-state index in [1.54, 1.807) is 7.11 Å². The van der Waals surface area contributed by atoms with Gasteiger partial charge in [0.25, 0.3) is 0 Å². The van der Waals surface area contributed by atoms with Gasteiger partial charge in [-0.25, -0.2) is 4.79 Å². The Morgan fingerprint density at radius 2 is 1.86 bits per heavy atom. The minimum absolute atomic E-state index is 0.0370. The van der Waals surface area contributed by atoms with Crippen LogP contribution < -0.4 is 15.4 Å². The zero-order valence-corrected chi connectivity index (χ0v) is 17.4. The van der Waals surface area contributed by atoms with E-state index in [0.717, 1.165) is 43.8 Å². The molecule has 1 spiro atoms. The molecular formula is C23H33N3O3. The minimum atomic E-state index is -0.0370. The monoisotopic (exact) mass is 399 g/mol. The van der Waals surface area contributed by atoms with E-state index in [4.69, 9.17) is 4.74 Å². The zero-order chi connectivity index (χ0) is 20.3. The smallest absolute Gasteiger partial charge is 0.321 e. The van der Waals surface area contributed by atoms with Crippen molar-refractivity contribution in [2.45, 2.75) is 63.8 Å². The molecular weight excluding hydrogens is 366 g/mol. The maximum atomic E-state index is 12.9. The number of hydrogen-bond donors (Lipinski definition) is 2. The number of hydrogen-bond acceptors (Lipinski definition) is 3. The molecule has 4 rings (SSSR count). The number of ether oxygens (including phenoxy) is 1. The van der Waals surface area contributed by atoms with Crippen molar-refractivity contribution in [1.29, 1.82) is 0 Å². The molecule has 1 aromatic carbocycles. The van der Waals surface area contributed by atoms with Gasteiger partial charge in [0.05, 0.1) is 7.11 Å². The molecule has 158 valence electrons. The Kier molecular flexibility index (Phi) is 5.97. The quantitative estimate of drug-likeness (QED) is 0.754. The lowest BCUT2D eigenvalue weighted by Gasteiger charge is -2.38. The van der Waals surface area contributed by atoms with Crippen LogP contribution in [0.25, 0.3) is 0 Å². The molecule has 1 aromatic rings. The summed E-state index contributed by atoms with van der Waals surface area (Å²) in [6, 6.07) is 7.81. The first-order valence-electron chi connectivity index (χ1n) is 11.1. The standard InChI is InChI=1S/C23H33N3O3/c1-29-20-10-8-19(9-11-20)25-22(28)26-15-17(5-12-21(27)24-18-6-7-18)23(16-26)13-3-2-4-14-23/h8-11,17-18H,2-7,12-16H2,1H3,(H,24,27)(H,25,28). The first-order valence-corrected chi connectivity index (χ1v) is 11.1. The van der Waals surface area contributed by atoms with Crippen LogP contribution >= 0.6 is 0 Å². The van der Waals surface area contributed by atoms with Crippen LogP contribution in [0.5, 0.6) is 5.75 Å². The van der Waals surface area contributed by atoms with E-state index in [9.17, 15) is 9.59 Å². The lowest BCUT2D eigenvalue weighted by atomic mass is 9.66. The number of amides is 3.